The number of nitrogens with zero attached hydrogens (tertiary/aromatic N) is 3. The predicted molar refractivity (Wildman–Crippen MR) is 96.3 cm³/mol. The molecule has 0 fully saturated rings. The summed E-state index contributed by atoms with van der Waals surface area (Å²) in [5.74, 6) is -0.741. The molecule has 0 spiro atoms. The van der Waals surface area contributed by atoms with Crippen LogP contribution in [-0.2, 0) is 6.42 Å². The lowest BCUT2D eigenvalue weighted by molar-refractivity contribution is 0.0697. The van der Waals surface area contributed by atoms with E-state index in [2.05, 4.69) is 10.1 Å². The summed E-state index contributed by atoms with van der Waals surface area (Å²) in [5, 5.41) is 23.2. The number of aromatic carboxylic acids is 1. The van der Waals surface area contributed by atoms with Crippen molar-refractivity contribution in [1.82, 2.24) is 14.6 Å². The van der Waals surface area contributed by atoms with E-state index in [4.69, 9.17) is 5.11 Å². The first-order chi connectivity index (χ1) is 12.6. The molecular formula is C20H15N3O3. The van der Waals surface area contributed by atoms with Gasteiger partial charge in [0.1, 0.15) is 5.75 Å². The zero-order chi connectivity index (χ0) is 18.1. The van der Waals surface area contributed by atoms with Gasteiger partial charge in [0.15, 0.2) is 5.65 Å². The van der Waals surface area contributed by atoms with Gasteiger partial charge in [-0.05, 0) is 42.0 Å². The van der Waals surface area contributed by atoms with Gasteiger partial charge in [0.2, 0.25) is 0 Å². The Morgan fingerprint density at radius 3 is 2.62 bits per heavy atom. The largest absolute Gasteiger partial charge is 0.508 e. The van der Waals surface area contributed by atoms with Crippen molar-refractivity contribution < 1.29 is 15.0 Å². The number of fused-ring (bicyclic) bond motifs is 1. The Bertz CT molecular complexity index is 1100. The highest BCUT2D eigenvalue weighted by atomic mass is 16.4. The van der Waals surface area contributed by atoms with Gasteiger partial charge in [0, 0.05) is 12.0 Å². The van der Waals surface area contributed by atoms with Crippen molar-refractivity contribution >= 4 is 11.6 Å². The van der Waals surface area contributed by atoms with Crippen LogP contribution in [0.15, 0.2) is 66.9 Å². The smallest absolute Gasteiger partial charge is 0.335 e. The van der Waals surface area contributed by atoms with Crippen molar-refractivity contribution in [3.05, 3.63) is 83.7 Å². The van der Waals surface area contributed by atoms with E-state index in [9.17, 15) is 9.90 Å². The standard InChI is InChI=1S/C20H15N3O3/c24-17-6-4-13(5-7-17)10-16-12-21-19-9-8-18(22-23(16)19)14-2-1-3-15(11-14)20(25)26/h1-9,11-12,24H,10H2,(H,25,26). The molecule has 0 bridgehead atoms. The fourth-order valence-corrected chi connectivity index (χ4v) is 2.83. The normalized spacial score (nSPS) is 10.9. The van der Waals surface area contributed by atoms with Gasteiger partial charge in [-0.25, -0.2) is 14.3 Å². The fourth-order valence-electron chi connectivity index (χ4n) is 2.83. The van der Waals surface area contributed by atoms with E-state index in [0.717, 1.165) is 22.5 Å². The molecule has 128 valence electrons. The average Bonchev–Trinajstić information content (AvgIpc) is 3.06. The van der Waals surface area contributed by atoms with Gasteiger partial charge in [-0.3, -0.25) is 0 Å². The van der Waals surface area contributed by atoms with E-state index >= 15 is 0 Å². The molecule has 0 unspecified atom stereocenters. The zero-order valence-electron chi connectivity index (χ0n) is 13.7. The first-order valence-electron chi connectivity index (χ1n) is 8.05. The van der Waals surface area contributed by atoms with Crippen LogP contribution in [0.3, 0.4) is 0 Å². The fraction of sp³-hybridized carbons (Fsp3) is 0.0500. The molecule has 0 saturated heterocycles. The summed E-state index contributed by atoms with van der Waals surface area (Å²) in [5.41, 5.74) is 4.28. The molecule has 2 heterocycles. The summed E-state index contributed by atoms with van der Waals surface area (Å²) in [4.78, 5) is 15.6. The zero-order valence-corrected chi connectivity index (χ0v) is 13.7. The molecule has 0 amide bonds. The number of benzene rings is 2. The monoisotopic (exact) mass is 345 g/mol. The Balaban J connectivity index is 1.73. The van der Waals surface area contributed by atoms with Gasteiger partial charge >= 0.3 is 5.97 Å². The summed E-state index contributed by atoms with van der Waals surface area (Å²) < 4.78 is 1.76. The number of rotatable bonds is 4. The number of aromatic nitrogens is 3. The molecular weight excluding hydrogens is 330 g/mol. The molecule has 2 aromatic heterocycles. The molecule has 26 heavy (non-hydrogen) atoms. The second-order valence-corrected chi connectivity index (χ2v) is 5.97. The third-order valence-corrected chi connectivity index (χ3v) is 4.16. The average molecular weight is 345 g/mol. The minimum absolute atomic E-state index is 0.222. The van der Waals surface area contributed by atoms with Crippen LogP contribution in [0.1, 0.15) is 21.6 Å². The van der Waals surface area contributed by atoms with E-state index in [1.807, 2.05) is 30.3 Å². The van der Waals surface area contributed by atoms with Crippen LogP contribution in [0, 0.1) is 0 Å². The van der Waals surface area contributed by atoms with E-state index in [-0.39, 0.29) is 11.3 Å². The Kier molecular flexibility index (Phi) is 3.85. The highest BCUT2D eigenvalue weighted by molar-refractivity contribution is 5.89. The molecule has 2 aromatic carbocycles. The predicted octanol–water partition coefficient (Wildman–Crippen LogP) is 3.39. The Hall–Kier alpha value is -3.67. The van der Waals surface area contributed by atoms with Crippen LogP contribution in [0.25, 0.3) is 16.9 Å². The highest BCUT2D eigenvalue weighted by Gasteiger charge is 2.10. The van der Waals surface area contributed by atoms with Crippen LogP contribution in [0.2, 0.25) is 0 Å². The van der Waals surface area contributed by atoms with E-state index in [1.54, 1.807) is 41.0 Å². The molecule has 0 atom stereocenters. The molecule has 0 radical (unpaired) electrons. The number of hydrogen-bond donors (Lipinski definition) is 2. The maximum absolute atomic E-state index is 11.2. The van der Waals surface area contributed by atoms with Crippen LogP contribution in [0.5, 0.6) is 5.75 Å². The van der Waals surface area contributed by atoms with Gasteiger partial charge < -0.3 is 10.2 Å². The maximum atomic E-state index is 11.2. The topological polar surface area (TPSA) is 87.7 Å². The molecule has 4 rings (SSSR count). The second kappa shape index (κ2) is 6.33. The van der Waals surface area contributed by atoms with E-state index in [1.165, 1.54) is 0 Å². The summed E-state index contributed by atoms with van der Waals surface area (Å²) in [6.07, 6.45) is 2.39. The molecule has 4 aromatic rings. The van der Waals surface area contributed by atoms with E-state index < -0.39 is 5.97 Å². The number of imidazole rings is 1. The Morgan fingerprint density at radius 1 is 1.04 bits per heavy atom. The summed E-state index contributed by atoms with van der Waals surface area (Å²) in [6.45, 7) is 0. The van der Waals surface area contributed by atoms with Gasteiger partial charge in [0.25, 0.3) is 0 Å². The Morgan fingerprint density at radius 2 is 1.85 bits per heavy atom. The van der Waals surface area contributed by atoms with E-state index in [0.29, 0.717) is 12.1 Å². The minimum Gasteiger partial charge on any atom is -0.508 e. The number of hydrogen-bond acceptors (Lipinski definition) is 4. The van der Waals surface area contributed by atoms with Crippen molar-refractivity contribution in [2.45, 2.75) is 6.42 Å². The molecule has 0 saturated carbocycles. The summed E-state index contributed by atoms with van der Waals surface area (Å²) >= 11 is 0. The maximum Gasteiger partial charge on any atom is 0.335 e. The van der Waals surface area contributed by atoms with Crippen molar-refractivity contribution in [2.24, 2.45) is 0 Å². The third-order valence-electron chi connectivity index (χ3n) is 4.16. The molecule has 6 heteroatoms. The minimum atomic E-state index is -0.969. The molecule has 0 aliphatic heterocycles. The van der Waals surface area contributed by atoms with Crippen LogP contribution >= 0.6 is 0 Å². The van der Waals surface area contributed by atoms with Crippen molar-refractivity contribution in [3.63, 3.8) is 0 Å². The number of phenolic OH excluding ortho intramolecular Hbond substituents is 1. The lowest BCUT2D eigenvalue weighted by Gasteiger charge is -2.06. The molecule has 6 nitrogen and oxygen atoms in total. The Labute approximate surface area is 149 Å². The molecule has 0 aliphatic rings. The lowest BCUT2D eigenvalue weighted by atomic mass is 10.1. The quantitative estimate of drug-likeness (QED) is 0.592. The third kappa shape index (κ3) is 3.00. The first-order valence-corrected chi connectivity index (χ1v) is 8.05. The van der Waals surface area contributed by atoms with Crippen LogP contribution < -0.4 is 0 Å². The molecule has 0 aliphatic carbocycles. The SMILES string of the molecule is O=C(O)c1cccc(-c2ccc3ncc(Cc4ccc(O)cc4)n3n2)c1. The lowest BCUT2D eigenvalue weighted by Crippen LogP contribution is -2.01. The van der Waals surface area contributed by atoms with Gasteiger partial charge in [-0.1, -0.05) is 24.3 Å². The highest BCUT2D eigenvalue weighted by Crippen LogP contribution is 2.20. The van der Waals surface area contributed by atoms with Crippen LogP contribution in [0.4, 0.5) is 0 Å². The van der Waals surface area contributed by atoms with Gasteiger partial charge in [-0.2, -0.15) is 5.10 Å². The van der Waals surface area contributed by atoms with Gasteiger partial charge in [0.05, 0.1) is 23.1 Å². The molecule has 2 N–H and O–H groups in total. The number of carbonyl (C=O) groups is 1. The summed E-state index contributed by atoms with van der Waals surface area (Å²) in [7, 11) is 0. The number of aromatic hydroxyl groups is 1. The second-order valence-electron chi connectivity index (χ2n) is 5.97. The van der Waals surface area contributed by atoms with Gasteiger partial charge in [-0.15, -0.1) is 0 Å². The number of phenols is 1. The van der Waals surface area contributed by atoms with Crippen molar-refractivity contribution in [1.29, 1.82) is 0 Å². The summed E-state index contributed by atoms with van der Waals surface area (Å²) in [6, 6.07) is 17.4. The first kappa shape index (κ1) is 15.8. The number of carboxylic acid groups (broad SMARTS) is 1. The van der Waals surface area contributed by atoms with Crippen molar-refractivity contribution in [2.75, 3.05) is 0 Å². The van der Waals surface area contributed by atoms with Crippen LogP contribution in [-0.4, -0.2) is 30.8 Å². The number of carboxylic acids is 1. The van der Waals surface area contributed by atoms with Crippen molar-refractivity contribution in [3.8, 4) is 17.0 Å².